The summed E-state index contributed by atoms with van der Waals surface area (Å²) in [5.41, 5.74) is 0. The standard InChI is InChI=1S/C11H25O3Si/c1-5-6-7-8-9-10-11-15(12-2,13-3)14-4/h1,5-11H2,2-4H3. The maximum atomic E-state index is 5.35. The summed E-state index contributed by atoms with van der Waals surface area (Å²) in [6.45, 7) is 3.83. The fourth-order valence-corrected chi connectivity index (χ4v) is 3.40. The second-order valence-corrected chi connectivity index (χ2v) is 6.76. The van der Waals surface area contributed by atoms with E-state index in [1.807, 2.05) is 0 Å². The average molecular weight is 233 g/mol. The Bertz CT molecular complexity index is 130. The average Bonchev–Trinajstić information content (AvgIpc) is 2.29. The monoisotopic (exact) mass is 233 g/mol. The molecule has 1 radical (unpaired) electrons. The molecule has 0 aliphatic rings. The van der Waals surface area contributed by atoms with Crippen LogP contribution in [0.3, 0.4) is 0 Å². The van der Waals surface area contributed by atoms with E-state index in [-0.39, 0.29) is 0 Å². The molecule has 0 spiro atoms. The van der Waals surface area contributed by atoms with Gasteiger partial charge in [-0.2, -0.15) is 0 Å². The molecule has 0 rings (SSSR count). The van der Waals surface area contributed by atoms with E-state index in [9.17, 15) is 0 Å². The molecule has 15 heavy (non-hydrogen) atoms. The molecule has 0 saturated carbocycles. The van der Waals surface area contributed by atoms with Crippen molar-refractivity contribution in [1.29, 1.82) is 0 Å². The molecule has 0 aromatic carbocycles. The van der Waals surface area contributed by atoms with Gasteiger partial charge in [0.05, 0.1) is 0 Å². The zero-order valence-electron chi connectivity index (χ0n) is 10.4. The van der Waals surface area contributed by atoms with E-state index in [0.717, 1.165) is 18.9 Å². The van der Waals surface area contributed by atoms with Gasteiger partial charge in [0.15, 0.2) is 0 Å². The maximum absolute atomic E-state index is 5.35. The second kappa shape index (κ2) is 9.33. The quantitative estimate of drug-likeness (QED) is 0.429. The Kier molecular flexibility index (Phi) is 9.39. The highest BCUT2D eigenvalue weighted by Gasteiger charge is 2.36. The van der Waals surface area contributed by atoms with E-state index in [2.05, 4.69) is 6.92 Å². The molecule has 0 N–H and O–H groups in total. The summed E-state index contributed by atoms with van der Waals surface area (Å²) < 4.78 is 16.0. The van der Waals surface area contributed by atoms with E-state index in [4.69, 9.17) is 13.3 Å². The number of rotatable bonds is 10. The molecule has 0 heterocycles. The van der Waals surface area contributed by atoms with Crippen LogP contribution >= 0.6 is 0 Å². The van der Waals surface area contributed by atoms with Gasteiger partial charge >= 0.3 is 8.80 Å². The van der Waals surface area contributed by atoms with Crippen LogP contribution < -0.4 is 0 Å². The van der Waals surface area contributed by atoms with Gasteiger partial charge in [-0.05, 0) is 6.42 Å². The second-order valence-electron chi connectivity index (χ2n) is 3.67. The zero-order chi connectivity index (χ0) is 11.6. The topological polar surface area (TPSA) is 27.7 Å². The molecule has 0 aliphatic heterocycles. The highest BCUT2D eigenvalue weighted by molar-refractivity contribution is 6.60. The van der Waals surface area contributed by atoms with E-state index in [1.165, 1.54) is 25.7 Å². The Hall–Kier alpha value is 0.0969. The van der Waals surface area contributed by atoms with Crippen molar-refractivity contribution in [3.63, 3.8) is 0 Å². The normalized spacial score (nSPS) is 12.0. The SMILES string of the molecule is [CH2]CCCCCCC[Si](OC)(OC)OC. The van der Waals surface area contributed by atoms with Gasteiger partial charge in [-0.15, -0.1) is 0 Å². The van der Waals surface area contributed by atoms with Gasteiger partial charge in [0.1, 0.15) is 0 Å². The largest absolute Gasteiger partial charge is 0.500 e. The number of unbranched alkanes of at least 4 members (excludes halogenated alkanes) is 5. The summed E-state index contributed by atoms with van der Waals surface area (Å²) in [5, 5.41) is 0. The van der Waals surface area contributed by atoms with Crippen LogP contribution in [0, 0.1) is 6.92 Å². The minimum Gasteiger partial charge on any atom is -0.377 e. The third kappa shape index (κ3) is 6.30. The van der Waals surface area contributed by atoms with Crippen molar-refractivity contribution in [3.05, 3.63) is 6.92 Å². The third-order valence-electron chi connectivity index (χ3n) is 2.67. The molecular weight excluding hydrogens is 208 g/mol. The molecule has 0 atom stereocenters. The first-order chi connectivity index (χ1) is 7.24. The van der Waals surface area contributed by atoms with Gasteiger partial charge in [-0.1, -0.05) is 39.0 Å². The predicted octanol–water partition coefficient (Wildman–Crippen LogP) is 3.04. The summed E-state index contributed by atoms with van der Waals surface area (Å²) in [5.74, 6) is 0. The van der Waals surface area contributed by atoms with Crippen LogP contribution in [0.4, 0.5) is 0 Å². The van der Waals surface area contributed by atoms with Crippen molar-refractivity contribution in [1.82, 2.24) is 0 Å². The van der Waals surface area contributed by atoms with E-state index in [1.54, 1.807) is 21.3 Å². The third-order valence-corrected chi connectivity index (χ3v) is 5.50. The minimum absolute atomic E-state index is 0.918. The van der Waals surface area contributed by atoms with Crippen LogP contribution in [0.5, 0.6) is 0 Å². The molecule has 0 unspecified atom stereocenters. The number of hydrogen-bond donors (Lipinski definition) is 0. The van der Waals surface area contributed by atoms with E-state index in [0.29, 0.717) is 0 Å². The molecule has 91 valence electrons. The van der Waals surface area contributed by atoms with Gasteiger partial charge in [0.25, 0.3) is 0 Å². The molecule has 4 heteroatoms. The molecule has 0 aromatic rings. The van der Waals surface area contributed by atoms with Crippen molar-refractivity contribution < 1.29 is 13.3 Å². The fraction of sp³-hybridized carbons (Fsp3) is 0.909. The Labute approximate surface area is 95.5 Å². The highest BCUT2D eigenvalue weighted by Crippen LogP contribution is 2.17. The van der Waals surface area contributed by atoms with Gasteiger partial charge in [-0.25, -0.2) is 0 Å². The lowest BCUT2D eigenvalue weighted by Gasteiger charge is -2.24. The molecular formula is C11H25O3Si. The molecule has 0 bridgehead atoms. The molecule has 0 aromatic heterocycles. The Morgan fingerprint density at radius 2 is 1.27 bits per heavy atom. The minimum atomic E-state index is -2.30. The molecule has 0 saturated heterocycles. The van der Waals surface area contributed by atoms with Crippen molar-refractivity contribution >= 4 is 8.80 Å². The number of hydrogen-bond acceptors (Lipinski definition) is 3. The Morgan fingerprint density at radius 3 is 1.73 bits per heavy atom. The lowest BCUT2D eigenvalue weighted by molar-refractivity contribution is 0.122. The van der Waals surface area contributed by atoms with E-state index >= 15 is 0 Å². The summed E-state index contributed by atoms with van der Waals surface area (Å²) in [4.78, 5) is 0. The van der Waals surface area contributed by atoms with Crippen molar-refractivity contribution in [2.75, 3.05) is 21.3 Å². The van der Waals surface area contributed by atoms with Crippen LogP contribution in [-0.2, 0) is 13.3 Å². The zero-order valence-corrected chi connectivity index (χ0v) is 11.4. The summed E-state index contributed by atoms with van der Waals surface area (Å²) in [6.07, 6.45) is 7.19. The van der Waals surface area contributed by atoms with Crippen molar-refractivity contribution in [2.45, 2.75) is 44.6 Å². The Balaban J connectivity index is 3.54. The van der Waals surface area contributed by atoms with Crippen LogP contribution in [0.25, 0.3) is 0 Å². The van der Waals surface area contributed by atoms with Crippen LogP contribution in [0.2, 0.25) is 6.04 Å². The maximum Gasteiger partial charge on any atom is 0.500 e. The van der Waals surface area contributed by atoms with Crippen molar-refractivity contribution in [3.8, 4) is 0 Å². The molecule has 0 fully saturated rings. The molecule has 0 aliphatic carbocycles. The van der Waals surface area contributed by atoms with Gasteiger partial charge in [-0.3, -0.25) is 0 Å². The molecule has 3 nitrogen and oxygen atoms in total. The Morgan fingerprint density at radius 1 is 0.800 bits per heavy atom. The lowest BCUT2D eigenvalue weighted by atomic mass is 10.1. The predicted molar refractivity (Wildman–Crippen MR) is 64.6 cm³/mol. The van der Waals surface area contributed by atoms with Crippen LogP contribution in [0.15, 0.2) is 0 Å². The van der Waals surface area contributed by atoms with Crippen molar-refractivity contribution in [2.24, 2.45) is 0 Å². The van der Waals surface area contributed by atoms with Gasteiger partial charge in [0, 0.05) is 27.4 Å². The smallest absolute Gasteiger partial charge is 0.377 e. The first-order valence-electron chi connectivity index (χ1n) is 5.69. The highest BCUT2D eigenvalue weighted by atomic mass is 28.4. The van der Waals surface area contributed by atoms with E-state index < -0.39 is 8.80 Å². The van der Waals surface area contributed by atoms with Crippen LogP contribution in [0.1, 0.15) is 38.5 Å². The lowest BCUT2D eigenvalue weighted by Crippen LogP contribution is -2.42. The van der Waals surface area contributed by atoms with Gasteiger partial charge in [0.2, 0.25) is 0 Å². The first kappa shape index (κ1) is 15.1. The summed E-state index contributed by atoms with van der Waals surface area (Å²) >= 11 is 0. The van der Waals surface area contributed by atoms with Gasteiger partial charge < -0.3 is 13.3 Å². The fourth-order valence-electron chi connectivity index (χ4n) is 1.60. The first-order valence-corrected chi connectivity index (χ1v) is 7.62. The van der Waals surface area contributed by atoms with Crippen LogP contribution in [-0.4, -0.2) is 30.1 Å². The summed E-state index contributed by atoms with van der Waals surface area (Å²) in [7, 11) is 2.71. The molecule has 0 amide bonds. The summed E-state index contributed by atoms with van der Waals surface area (Å²) in [6, 6.07) is 0.918.